The van der Waals surface area contributed by atoms with E-state index >= 15 is 0 Å². The predicted molar refractivity (Wildman–Crippen MR) is 71.3 cm³/mol. The van der Waals surface area contributed by atoms with Gasteiger partial charge in [0.15, 0.2) is 0 Å². The smallest absolute Gasteiger partial charge is 0.0436 e. The van der Waals surface area contributed by atoms with Crippen LogP contribution in [0.25, 0.3) is 0 Å². The Hall–Kier alpha value is 0.1000. The predicted octanol–water partition coefficient (Wildman–Crippen LogP) is 3.24. The molecule has 2 unspecified atom stereocenters. The van der Waals surface area contributed by atoms with E-state index in [0.29, 0.717) is 6.04 Å². The molecule has 0 amide bonds. The summed E-state index contributed by atoms with van der Waals surface area (Å²) < 4.78 is 1.18. The molecule has 0 aliphatic carbocycles. The van der Waals surface area contributed by atoms with E-state index in [4.69, 9.17) is 5.73 Å². The molecule has 4 heteroatoms. The summed E-state index contributed by atoms with van der Waals surface area (Å²) in [5.74, 6) is 0. The second-order valence-corrected chi connectivity index (χ2v) is 6.06. The number of thiophene rings is 1. The molecular formula is C11H19BrN2S. The fourth-order valence-corrected chi connectivity index (χ4v) is 3.25. The van der Waals surface area contributed by atoms with Crippen molar-refractivity contribution in [2.75, 3.05) is 14.1 Å². The van der Waals surface area contributed by atoms with Crippen molar-refractivity contribution in [3.05, 3.63) is 20.8 Å². The number of halogens is 1. The summed E-state index contributed by atoms with van der Waals surface area (Å²) in [6, 6.07) is 2.99. The molecule has 1 heterocycles. The van der Waals surface area contributed by atoms with E-state index < -0.39 is 0 Å². The number of rotatable bonds is 5. The topological polar surface area (TPSA) is 29.3 Å². The lowest BCUT2D eigenvalue weighted by molar-refractivity contribution is 0.279. The molecule has 2 nitrogen and oxygen atoms in total. The largest absolute Gasteiger partial charge is 0.328 e. The van der Waals surface area contributed by atoms with Crippen LogP contribution in [-0.2, 0) is 0 Å². The molecule has 0 saturated heterocycles. The first-order chi connectivity index (χ1) is 7.00. The molecule has 86 valence electrons. The Balaban J connectivity index is 2.66. The van der Waals surface area contributed by atoms with Gasteiger partial charge in [0.2, 0.25) is 0 Å². The lowest BCUT2D eigenvalue weighted by atomic mass is 10.1. The average molecular weight is 291 g/mol. The zero-order valence-electron chi connectivity index (χ0n) is 9.53. The molecule has 1 rings (SSSR count). The Morgan fingerprint density at radius 2 is 2.13 bits per heavy atom. The highest BCUT2D eigenvalue weighted by molar-refractivity contribution is 9.10. The molecule has 0 bridgehead atoms. The van der Waals surface area contributed by atoms with Crippen molar-refractivity contribution in [2.24, 2.45) is 5.73 Å². The molecule has 0 radical (unpaired) electrons. The maximum Gasteiger partial charge on any atom is 0.0436 e. The summed E-state index contributed by atoms with van der Waals surface area (Å²) in [7, 11) is 4.25. The minimum absolute atomic E-state index is 0.288. The molecule has 1 aromatic heterocycles. The summed E-state index contributed by atoms with van der Waals surface area (Å²) in [4.78, 5) is 3.67. The number of nitrogens with two attached hydrogens (primary N) is 1. The Bertz CT molecular complexity index is 297. The van der Waals surface area contributed by atoms with E-state index in [1.807, 2.05) is 11.3 Å². The Kier molecular flexibility index (Phi) is 5.26. The molecule has 0 aliphatic rings. The first-order valence-corrected chi connectivity index (χ1v) is 6.84. The lowest BCUT2D eigenvalue weighted by Gasteiger charge is -2.23. The molecule has 0 aliphatic heterocycles. The highest BCUT2D eigenvalue weighted by atomic mass is 79.9. The molecule has 15 heavy (non-hydrogen) atoms. The zero-order valence-corrected chi connectivity index (χ0v) is 11.9. The van der Waals surface area contributed by atoms with Gasteiger partial charge in [0.05, 0.1) is 0 Å². The maximum absolute atomic E-state index is 5.80. The van der Waals surface area contributed by atoms with Gasteiger partial charge in [-0.15, -0.1) is 11.3 Å². The standard InChI is InChI=1S/C11H19BrN2S/c1-8(13)4-5-10(14(2)3)11-6-9(12)7-15-11/h6-8,10H,4-5,13H2,1-3H3. The molecule has 2 N–H and O–H groups in total. The summed E-state index contributed by atoms with van der Waals surface area (Å²) in [5, 5.41) is 2.14. The van der Waals surface area contributed by atoms with Gasteiger partial charge >= 0.3 is 0 Å². The third-order valence-corrected chi connectivity index (χ3v) is 4.23. The first kappa shape index (κ1) is 13.2. The highest BCUT2D eigenvalue weighted by Crippen LogP contribution is 2.31. The second-order valence-electron chi connectivity index (χ2n) is 4.20. The molecule has 0 spiro atoms. The van der Waals surface area contributed by atoms with Gasteiger partial charge in [0.1, 0.15) is 0 Å². The molecular weight excluding hydrogens is 272 g/mol. The van der Waals surface area contributed by atoms with E-state index in [2.05, 4.69) is 53.3 Å². The van der Waals surface area contributed by atoms with Gasteiger partial charge in [-0.3, -0.25) is 0 Å². The molecule has 0 saturated carbocycles. The summed E-state index contributed by atoms with van der Waals surface area (Å²) >= 11 is 5.31. The Morgan fingerprint density at radius 3 is 2.53 bits per heavy atom. The van der Waals surface area contributed by atoms with Gasteiger partial charge < -0.3 is 10.6 Å². The minimum atomic E-state index is 0.288. The molecule has 2 atom stereocenters. The third kappa shape index (κ3) is 4.23. The van der Waals surface area contributed by atoms with Crippen LogP contribution >= 0.6 is 27.3 Å². The van der Waals surface area contributed by atoms with E-state index in [-0.39, 0.29) is 6.04 Å². The zero-order chi connectivity index (χ0) is 11.4. The minimum Gasteiger partial charge on any atom is -0.328 e. The maximum atomic E-state index is 5.80. The van der Waals surface area contributed by atoms with Crippen LogP contribution in [0.5, 0.6) is 0 Å². The summed E-state index contributed by atoms with van der Waals surface area (Å²) in [6.07, 6.45) is 2.19. The van der Waals surface area contributed by atoms with Crippen molar-refractivity contribution in [2.45, 2.75) is 31.8 Å². The monoisotopic (exact) mass is 290 g/mol. The van der Waals surface area contributed by atoms with Crippen LogP contribution in [0, 0.1) is 0 Å². The van der Waals surface area contributed by atoms with Crippen molar-refractivity contribution < 1.29 is 0 Å². The quantitative estimate of drug-likeness (QED) is 0.902. The summed E-state index contributed by atoms with van der Waals surface area (Å²) in [5.41, 5.74) is 5.80. The fourth-order valence-electron chi connectivity index (χ4n) is 1.58. The average Bonchev–Trinajstić information content (AvgIpc) is 2.51. The SMILES string of the molecule is CC(N)CCC(c1cc(Br)cs1)N(C)C. The van der Waals surface area contributed by atoms with Crippen LogP contribution in [0.3, 0.4) is 0 Å². The fraction of sp³-hybridized carbons (Fsp3) is 0.636. The molecule has 1 aromatic rings. The molecule has 0 aromatic carbocycles. The Morgan fingerprint density at radius 1 is 1.47 bits per heavy atom. The van der Waals surface area contributed by atoms with Crippen molar-refractivity contribution in [3.8, 4) is 0 Å². The van der Waals surface area contributed by atoms with Crippen molar-refractivity contribution >= 4 is 27.3 Å². The van der Waals surface area contributed by atoms with Gasteiger partial charge in [-0.05, 0) is 55.9 Å². The van der Waals surface area contributed by atoms with Crippen molar-refractivity contribution in [1.29, 1.82) is 0 Å². The van der Waals surface area contributed by atoms with Crippen LogP contribution in [0.2, 0.25) is 0 Å². The normalized spacial score (nSPS) is 15.6. The Labute approximate surface area is 105 Å². The van der Waals surface area contributed by atoms with Crippen LogP contribution in [-0.4, -0.2) is 25.0 Å². The van der Waals surface area contributed by atoms with E-state index in [9.17, 15) is 0 Å². The van der Waals surface area contributed by atoms with E-state index in [0.717, 1.165) is 12.8 Å². The van der Waals surface area contributed by atoms with Crippen LogP contribution in [0.1, 0.15) is 30.7 Å². The lowest BCUT2D eigenvalue weighted by Crippen LogP contribution is -2.22. The van der Waals surface area contributed by atoms with Gasteiger partial charge in [-0.2, -0.15) is 0 Å². The first-order valence-electron chi connectivity index (χ1n) is 5.16. The van der Waals surface area contributed by atoms with E-state index in [1.54, 1.807) is 0 Å². The van der Waals surface area contributed by atoms with Gasteiger partial charge in [0, 0.05) is 26.8 Å². The van der Waals surface area contributed by atoms with Gasteiger partial charge in [0.25, 0.3) is 0 Å². The molecule has 0 fully saturated rings. The van der Waals surface area contributed by atoms with Crippen LogP contribution in [0.4, 0.5) is 0 Å². The van der Waals surface area contributed by atoms with Crippen molar-refractivity contribution in [3.63, 3.8) is 0 Å². The summed E-state index contributed by atoms with van der Waals surface area (Å²) in [6.45, 7) is 2.07. The van der Waals surface area contributed by atoms with Gasteiger partial charge in [-0.25, -0.2) is 0 Å². The number of nitrogens with zero attached hydrogens (tertiary/aromatic N) is 1. The van der Waals surface area contributed by atoms with Crippen molar-refractivity contribution in [1.82, 2.24) is 4.90 Å². The second kappa shape index (κ2) is 5.99. The number of hydrogen-bond acceptors (Lipinski definition) is 3. The van der Waals surface area contributed by atoms with Gasteiger partial charge in [-0.1, -0.05) is 0 Å². The van der Waals surface area contributed by atoms with Crippen LogP contribution in [0.15, 0.2) is 15.9 Å². The number of hydrogen-bond donors (Lipinski definition) is 1. The van der Waals surface area contributed by atoms with E-state index in [1.165, 1.54) is 9.35 Å². The third-order valence-electron chi connectivity index (χ3n) is 2.43. The highest BCUT2D eigenvalue weighted by Gasteiger charge is 2.16. The van der Waals surface area contributed by atoms with Crippen LogP contribution < -0.4 is 5.73 Å².